The first-order chi connectivity index (χ1) is 11.4. The number of carbonyl (C=O) groups excluding carboxylic acids is 1. The number of nitrogens with zero attached hydrogens (tertiary/aromatic N) is 2. The summed E-state index contributed by atoms with van der Waals surface area (Å²) in [5.74, 6) is 0.735. The highest BCUT2D eigenvalue weighted by Crippen LogP contribution is 2.29. The highest BCUT2D eigenvalue weighted by Gasteiger charge is 2.28. The van der Waals surface area contributed by atoms with Crippen molar-refractivity contribution >= 4 is 22.4 Å². The van der Waals surface area contributed by atoms with E-state index in [1.54, 1.807) is 18.2 Å². The lowest BCUT2D eigenvalue weighted by Gasteiger charge is -2.23. The van der Waals surface area contributed by atoms with Crippen LogP contribution in [0.1, 0.15) is 29.2 Å². The Bertz CT molecular complexity index is 717. The Morgan fingerprint density at radius 3 is 2.67 bits per heavy atom. The second-order valence-electron chi connectivity index (χ2n) is 5.53. The van der Waals surface area contributed by atoms with E-state index in [0.717, 1.165) is 0 Å². The molecule has 1 heterocycles. The summed E-state index contributed by atoms with van der Waals surface area (Å²) in [5.41, 5.74) is 10.8. The number of ether oxygens (including phenoxy) is 2. The minimum Gasteiger partial charge on any atom is -0.493 e. The first-order valence-corrected chi connectivity index (χ1v) is 8.12. The summed E-state index contributed by atoms with van der Waals surface area (Å²) in [6, 6.07) is 4.96. The summed E-state index contributed by atoms with van der Waals surface area (Å²) < 4.78 is 10.7. The number of anilines is 1. The number of benzene rings is 1. The van der Waals surface area contributed by atoms with Crippen molar-refractivity contribution in [1.82, 2.24) is 15.5 Å². The van der Waals surface area contributed by atoms with Crippen molar-refractivity contribution in [2.45, 2.75) is 19.4 Å². The fourth-order valence-corrected chi connectivity index (χ4v) is 2.66. The number of nitrogens with one attached hydrogen (secondary N) is 1. The van der Waals surface area contributed by atoms with E-state index in [1.807, 2.05) is 13.8 Å². The van der Waals surface area contributed by atoms with Gasteiger partial charge in [-0.05, 0) is 32.0 Å². The van der Waals surface area contributed by atoms with Gasteiger partial charge in [-0.2, -0.15) is 0 Å². The van der Waals surface area contributed by atoms with Crippen LogP contribution in [-0.2, 0) is 5.54 Å². The second-order valence-corrected chi connectivity index (χ2v) is 6.54. The van der Waals surface area contributed by atoms with Crippen LogP contribution in [-0.4, -0.2) is 36.4 Å². The molecule has 0 aliphatic heterocycles. The van der Waals surface area contributed by atoms with Gasteiger partial charge < -0.3 is 26.3 Å². The van der Waals surface area contributed by atoms with Gasteiger partial charge in [0, 0.05) is 12.1 Å². The van der Waals surface area contributed by atoms with Crippen LogP contribution in [0.5, 0.6) is 11.5 Å². The molecule has 0 spiro atoms. The summed E-state index contributed by atoms with van der Waals surface area (Å²) >= 11 is 1.23. The molecular formula is C15H21N5O3S. The Balaban J connectivity index is 2.19. The number of amides is 1. The molecule has 24 heavy (non-hydrogen) atoms. The lowest BCUT2D eigenvalue weighted by molar-refractivity contribution is 0.0911. The van der Waals surface area contributed by atoms with Crippen molar-refractivity contribution in [3.05, 3.63) is 28.8 Å². The standard InChI is InChI=1S/C15H21N5O3S/c1-15(2,13-19-20-14(17)24-13)18-12(21)9-4-5-10(22-3)11(8-9)23-7-6-16/h4-5,8H,6-7,16H2,1-3H3,(H2,17,20)(H,18,21). The molecule has 0 bridgehead atoms. The number of nitrogen functional groups attached to an aromatic ring is 1. The Morgan fingerprint density at radius 2 is 2.08 bits per heavy atom. The van der Waals surface area contributed by atoms with E-state index in [1.165, 1.54) is 18.4 Å². The molecule has 2 rings (SSSR count). The van der Waals surface area contributed by atoms with Crippen molar-refractivity contribution in [1.29, 1.82) is 0 Å². The van der Waals surface area contributed by atoms with Crippen LogP contribution < -0.4 is 26.3 Å². The van der Waals surface area contributed by atoms with Crippen molar-refractivity contribution in [3.8, 4) is 11.5 Å². The molecule has 130 valence electrons. The van der Waals surface area contributed by atoms with Gasteiger partial charge >= 0.3 is 0 Å². The summed E-state index contributed by atoms with van der Waals surface area (Å²) in [6.45, 7) is 4.36. The van der Waals surface area contributed by atoms with Gasteiger partial charge in [0.2, 0.25) is 5.13 Å². The fraction of sp³-hybridized carbons (Fsp3) is 0.400. The van der Waals surface area contributed by atoms with Gasteiger partial charge in [-0.1, -0.05) is 11.3 Å². The molecule has 8 nitrogen and oxygen atoms in total. The predicted molar refractivity (Wildman–Crippen MR) is 92.4 cm³/mol. The largest absolute Gasteiger partial charge is 0.493 e. The topological polar surface area (TPSA) is 125 Å². The van der Waals surface area contributed by atoms with Crippen LogP contribution in [0.4, 0.5) is 5.13 Å². The quantitative estimate of drug-likeness (QED) is 0.682. The highest BCUT2D eigenvalue weighted by atomic mass is 32.1. The molecule has 0 fully saturated rings. The molecule has 0 radical (unpaired) electrons. The zero-order chi connectivity index (χ0) is 17.7. The summed E-state index contributed by atoms with van der Waals surface area (Å²) in [7, 11) is 1.54. The number of nitrogens with two attached hydrogens (primary N) is 2. The van der Waals surface area contributed by atoms with Crippen molar-refractivity contribution in [2.75, 3.05) is 26.0 Å². The molecule has 0 unspecified atom stereocenters. The Morgan fingerprint density at radius 1 is 1.33 bits per heavy atom. The lowest BCUT2D eigenvalue weighted by Crippen LogP contribution is -2.41. The monoisotopic (exact) mass is 351 g/mol. The third-order valence-corrected chi connectivity index (χ3v) is 4.28. The van der Waals surface area contributed by atoms with Crippen LogP contribution in [0.25, 0.3) is 0 Å². The van der Waals surface area contributed by atoms with E-state index in [2.05, 4.69) is 15.5 Å². The number of rotatable bonds is 7. The molecule has 0 aliphatic carbocycles. The molecule has 9 heteroatoms. The molecule has 1 amide bonds. The van der Waals surface area contributed by atoms with Crippen LogP contribution in [0.15, 0.2) is 18.2 Å². The van der Waals surface area contributed by atoms with E-state index in [-0.39, 0.29) is 5.91 Å². The lowest BCUT2D eigenvalue weighted by atomic mass is 10.1. The van der Waals surface area contributed by atoms with Gasteiger partial charge in [0.1, 0.15) is 11.6 Å². The minimum absolute atomic E-state index is 0.269. The van der Waals surface area contributed by atoms with Gasteiger partial charge in [-0.25, -0.2) is 0 Å². The maximum atomic E-state index is 12.6. The average molecular weight is 351 g/mol. The van der Waals surface area contributed by atoms with Gasteiger partial charge in [-0.3, -0.25) is 4.79 Å². The zero-order valence-corrected chi connectivity index (χ0v) is 14.6. The van der Waals surface area contributed by atoms with Crippen molar-refractivity contribution < 1.29 is 14.3 Å². The Kier molecular flexibility index (Phi) is 5.58. The van der Waals surface area contributed by atoms with Gasteiger partial charge in [0.25, 0.3) is 5.91 Å². The van der Waals surface area contributed by atoms with Gasteiger partial charge in [0.15, 0.2) is 11.5 Å². The minimum atomic E-state index is -0.704. The van der Waals surface area contributed by atoms with Crippen molar-refractivity contribution in [3.63, 3.8) is 0 Å². The normalized spacial score (nSPS) is 11.2. The van der Waals surface area contributed by atoms with Crippen LogP contribution in [0.2, 0.25) is 0 Å². The third kappa shape index (κ3) is 4.12. The molecule has 0 saturated carbocycles. The summed E-state index contributed by atoms with van der Waals surface area (Å²) in [5, 5.41) is 11.7. The van der Waals surface area contributed by atoms with Crippen LogP contribution in [0.3, 0.4) is 0 Å². The molecule has 0 atom stereocenters. The second kappa shape index (κ2) is 7.45. The molecule has 1 aromatic carbocycles. The Hall–Kier alpha value is -2.39. The van der Waals surface area contributed by atoms with Crippen LogP contribution in [0, 0.1) is 0 Å². The number of hydrogen-bond acceptors (Lipinski definition) is 8. The van der Waals surface area contributed by atoms with Crippen molar-refractivity contribution in [2.24, 2.45) is 5.73 Å². The van der Waals surface area contributed by atoms with E-state index < -0.39 is 5.54 Å². The number of hydrogen-bond donors (Lipinski definition) is 3. The first kappa shape index (κ1) is 18.0. The predicted octanol–water partition coefficient (Wildman–Crippen LogP) is 1.13. The third-order valence-electron chi connectivity index (χ3n) is 3.20. The highest BCUT2D eigenvalue weighted by molar-refractivity contribution is 7.15. The van der Waals surface area contributed by atoms with Gasteiger partial charge in [-0.15, -0.1) is 10.2 Å². The maximum Gasteiger partial charge on any atom is 0.252 e. The molecule has 0 saturated heterocycles. The van der Waals surface area contributed by atoms with Gasteiger partial charge in [0.05, 0.1) is 12.6 Å². The van der Waals surface area contributed by atoms with E-state index >= 15 is 0 Å². The van der Waals surface area contributed by atoms with E-state index in [9.17, 15) is 4.79 Å². The van der Waals surface area contributed by atoms with E-state index in [0.29, 0.717) is 40.4 Å². The fourth-order valence-electron chi connectivity index (χ4n) is 2.00. The van der Waals surface area contributed by atoms with E-state index in [4.69, 9.17) is 20.9 Å². The molecule has 2 aromatic rings. The number of aromatic nitrogens is 2. The smallest absolute Gasteiger partial charge is 0.252 e. The molecule has 1 aromatic heterocycles. The summed E-state index contributed by atoms with van der Waals surface area (Å²) in [4.78, 5) is 12.6. The first-order valence-electron chi connectivity index (χ1n) is 7.30. The molecular weight excluding hydrogens is 330 g/mol. The number of methoxy groups -OCH3 is 1. The molecule has 5 N–H and O–H groups in total. The maximum absolute atomic E-state index is 12.6. The zero-order valence-electron chi connectivity index (χ0n) is 13.8. The SMILES string of the molecule is COc1ccc(C(=O)NC(C)(C)c2nnc(N)s2)cc1OCCN. The number of carbonyl (C=O) groups is 1. The molecule has 0 aliphatic rings. The van der Waals surface area contributed by atoms with Crippen LogP contribution >= 0.6 is 11.3 Å². The average Bonchev–Trinajstić information content (AvgIpc) is 2.99. The Labute approximate surface area is 144 Å². The summed E-state index contributed by atoms with van der Waals surface area (Å²) in [6.07, 6.45) is 0.